The van der Waals surface area contributed by atoms with Crippen LogP contribution in [0.2, 0.25) is 0 Å². The van der Waals surface area contributed by atoms with Crippen LogP contribution in [0, 0.1) is 12.7 Å². The van der Waals surface area contributed by atoms with Gasteiger partial charge in [-0.05, 0) is 45.4 Å². The van der Waals surface area contributed by atoms with Gasteiger partial charge in [0.15, 0.2) is 0 Å². The third kappa shape index (κ3) is 4.08. The summed E-state index contributed by atoms with van der Waals surface area (Å²) in [5, 5.41) is 0. The first-order chi connectivity index (χ1) is 7.71. The van der Waals surface area contributed by atoms with Crippen molar-refractivity contribution >= 4 is 33.5 Å². The van der Waals surface area contributed by atoms with Crippen LogP contribution in [0.5, 0.6) is 0 Å². The average Bonchev–Trinajstić information content (AvgIpc) is 2.19. The van der Waals surface area contributed by atoms with E-state index < -0.39 is 16.1 Å². The zero-order chi connectivity index (χ0) is 13.2. The van der Waals surface area contributed by atoms with Crippen molar-refractivity contribution in [3.05, 3.63) is 33.5 Å². The Morgan fingerprint density at radius 3 is 2.53 bits per heavy atom. The minimum Gasteiger partial charge on any atom is -0.591 e. The number of hydrogen-bond donors (Lipinski definition) is 0. The Bertz CT molecular complexity index is 443. The number of rotatable bonds is 2. The van der Waals surface area contributed by atoms with Crippen LogP contribution in [0.15, 0.2) is 21.0 Å². The molecule has 1 unspecified atom stereocenters. The molecule has 0 saturated carbocycles. The molecule has 0 N–H and O–H groups in total. The first kappa shape index (κ1) is 14.7. The molecule has 1 atom stereocenters. The molecule has 17 heavy (non-hydrogen) atoms. The van der Waals surface area contributed by atoms with Crippen LogP contribution in [0.25, 0.3) is 0 Å². The lowest BCUT2D eigenvalue weighted by atomic mass is 10.1. The third-order valence-electron chi connectivity index (χ3n) is 2.06. The highest BCUT2D eigenvalue weighted by Crippen LogP contribution is 2.20. The van der Waals surface area contributed by atoms with Crippen molar-refractivity contribution in [3.8, 4) is 0 Å². The predicted molar refractivity (Wildman–Crippen MR) is 74.3 cm³/mol. The molecule has 0 aliphatic carbocycles. The fourth-order valence-corrected chi connectivity index (χ4v) is 2.22. The van der Waals surface area contributed by atoms with E-state index in [2.05, 4.69) is 20.3 Å². The van der Waals surface area contributed by atoms with Crippen LogP contribution in [0.3, 0.4) is 0 Å². The molecular weight excluding hydrogens is 305 g/mol. The van der Waals surface area contributed by atoms with E-state index >= 15 is 0 Å². The summed E-state index contributed by atoms with van der Waals surface area (Å²) in [7, 11) is 0. The van der Waals surface area contributed by atoms with Crippen LogP contribution in [-0.2, 0) is 11.4 Å². The zero-order valence-corrected chi connectivity index (χ0v) is 12.7. The van der Waals surface area contributed by atoms with E-state index in [1.807, 2.05) is 20.8 Å². The summed E-state index contributed by atoms with van der Waals surface area (Å²) >= 11 is 1.92. The lowest BCUT2D eigenvalue weighted by Crippen LogP contribution is -2.25. The summed E-state index contributed by atoms with van der Waals surface area (Å²) < 4.78 is 29.7. The summed E-state index contributed by atoms with van der Waals surface area (Å²) in [5.41, 5.74) is 0.872. The van der Waals surface area contributed by atoms with Gasteiger partial charge < -0.3 is 4.55 Å². The Balaban J connectivity index is 3.00. The van der Waals surface area contributed by atoms with E-state index in [0.29, 0.717) is 11.1 Å². The van der Waals surface area contributed by atoms with Crippen LogP contribution in [-0.4, -0.2) is 15.5 Å². The second-order valence-electron chi connectivity index (χ2n) is 4.72. The van der Waals surface area contributed by atoms with Gasteiger partial charge in [0.2, 0.25) is 0 Å². The normalized spacial score (nSPS) is 14.3. The second-order valence-corrected chi connectivity index (χ2v) is 7.57. The molecule has 2 nitrogen and oxygen atoms in total. The number of benzene rings is 1. The lowest BCUT2D eigenvalue weighted by Gasteiger charge is -2.17. The minimum absolute atomic E-state index is 0.331. The van der Waals surface area contributed by atoms with E-state index in [1.54, 1.807) is 19.1 Å². The predicted octanol–water partition coefficient (Wildman–Crippen LogP) is 3.78. The molecule has 0 aliphatic heterocycles. The van der Waals surface area contributed by atoms with E-state index in [4.69, 9.17) is 0 Å². The molecule has 1 aromatic rings. The van der Waals surface area contributed by atoms with Crippen molar-refractivity contribution in [1.29, 1.82) is 0 Å². The third-order valence-corrected chi connectivity index (χ3v) is 3.86. The highest BCUT2D eigenvalue weighted by Gasteiger charge is 2.25. The van der Waals surface area contributed by atoms with Gasteiger partial charge in [-0.2, -0.15) is 0 Å². The molecule has 94 valence electrons. The van der Waals surface area contributed by atoms with E-state index in [1.165, 1.54) is 6.21 Å². The fourth-order valence-electron chi connectivity index (χ4n) is 1.11. The molecule has 0 saturated heterocycles. The van der Waals surface area contributed by atoms with Crippen molar-refractivity contribution in [2.75, 3.05) is 0 Å². The van der Waals surface area contributed by atoms with Crippen molar-refractivity contribution in [1.82, 2.24) is 0 Å². The SMILES string of the molecule is Cc1cc(Br)cc(/C=N/[S+]([O-])C(C)(C)C)c1F. The van der Waals surface area contributed by atoms with Gasteiger partial charge >= 0.3 is 0 Å². The largest absolute Gasteiger partial charge is 0.591 e. The number of nitrogens with zero attached hydrogens (tertiary/aromatic N) is 1. The molecule has 5 heteroatoms. The monoisotopic (exact) mass is 319 g/mol. The summed E-state index contributed by atoms with van der Waals surface area (Å²) in [4.78, 5) is 0. The summed E-state index contributed by atoms with van der Waals surface area (Å²) in [6, 6.07) is 3.30. The molecule has 1 aromatic carbocycles. The number of halogens is 2. The highest BCUT2D eigenvalue weighted by molar-refractivity contribution is 9.10. The highest BCUT2D eigenvalue weighted by atomic mass is 79.9. The molecule has 0 aromatic heterocycles. The van der Waals surface area contributed by atoms with Crippen molar-refractivity contribution in [2.45, 2.75) is 32.4 Å². The summed E-state index contributed by atoms with van der Waals surface area (Å²) in [5.74, 6) is -0.331. The Morgan fingerprint density at radius 2 is 2.00 bits per heavy atom. The fraction of sp³-hybridized carbons (Fsp3) is 0.417. The van der Waals surface area contributed by atoms with Gasteiger partial charge in [-0.15, -0.1) is 0 Å². The van der Waals surface area contributed by atoms with E-state index in [0.717, 1.165) is 4.47 Å². The lowest BCUT2D eigenvalue weighted by molar-refractivity contribution is 0.561. The Kier molecular flexibility index (Phi) is 4.75. The summed E-state index contributed by atoms with van der Waals surface area (Å²) in [6.45, 7) is 7.15. The maximum atomic E-state index is 13.7. The van der Waals surface area contributed by atoms with Gasteiger partial charge in [0.1, 0.15) is 21.9 Å². The summed E-state index contributed by atoms with van der Waals surface area (Å²) in [6.07, 6.45) is 1.33. The number of hydrogen-bond acceptors (Lipinski definition) is 2. The quantitative estimate of drug-likeness (QED) is 0.603. The maximum Gasteiger partial charge on any atom is 0.144 e. The van der Waals surface area contributed by atoms with Crippen LogP contribution < -0.4 is 0 Å². The van der Waals surface area contributed by atoms with Crippen molar-refractivity contribution < 1.29 is 8.94 Å². The Labute approximate surface area is 113 Å². The Morgan fingerprint density at radius 1 is 1.41 bits per heavy atom. The minimum atomic E-state index is -1.37. The van der Waals surface area contributed by atoms with Crippen molar-refractivity contribution in [2.24, 2.45) is 4.40 Å². The smallest absolute Gasteiger partial charge is 0.144 e. The van der Waals surface area contributed by atoms with Crippen molar-refractivity contribution in [3.63, 3.8) is 0 Å². The van der Waals surface area contributed by atoms with Gasteiger partial charge in [-0.3, -0.25) is 0 Å². The molecule has 0 fully saturated rings. The van der Waals surface area contributed by atoms with Gasteiger partial charge in [0, 0.05) is 10.0 Å². The molecular formula is C12H15BrFNOS. The topological polar surface area (TPSA) is 35.4 Å². The molecule has 0 heterocycles. The van der Waals surface area contributed by atoms with Crippen LogP contribution in [0.1, 0.15) is 31.9 Å². The molecule has 0 radical (unpaired) electrons. The first-order valence-corrected chi connectivity index (χ1v) is 7.03. The number of aryl methyl sites for hydroxylation is 1. The van der Waals surface area contributed by atoms with Gasteiger partial charge in [0.25, 0.3) is 0 Å². The van der Waals surface area contributed by atoms with Gasteiger partial charge in [0.05, 0.1) is 6.21 Å². The van der Waals surface area contributed by atoms with Crippen LogP contribution >= 0.6 is 15.9 Å². The molecule has 0 bridgehead atoms. The molecule has 0 amide bonds. The van der Waals surface area contributed by atoms with Gasteiger partial charge in [-0.25, -0.2) is 4.39 Å². The van der Waals surface area contributed by atoms with Crippen LogP contribution in [0.4, 0.5) is 4.39 Å². The second kappa shape index (κ2) is 5.50. The molecule has 1 rings (SSSR count). The Hall–Kier alpha value is -0.390. The molecule has 0 spiro atoms. The zero-order valence-electron chi connectivity index (χ0n) is 10.3. The molecule has 0 aliphatic rings. The maximum absolute atomic E-state index is 13.7. The van der Waals surface area contributed by atoms with E-state index in [9.17, 15) is 8.94 Å². The average molecular weight is 320 g/mol. The first-order valence-electron chi connectivity index (χ1n) is 5.13. The van der Waals surface area contributed by atoms with E-state index in [-0.39, 0.29) is 5.82 Å². The standard InChI is InChI=1S/C12H15BrFNOS/c1-8-5-10(13)6-9(11(8)14)7-15-17(16)12(2,3)4/h5-7H,1-4H3/b15-7+. The van der Waals surface area contributed by atoms with Gasteiger partial charge in [-0.1, -0.05) is 20.3 Å².